The van der Waals surface area contributed by atoms with E-state index < -0.39 is 5.60 Å². The van der Waals surface area contributed by atoms with Gasteiger partial charge in [-0.2, -0.15) is 0 Å². The number of hydrogen-bond acceptors (Lipinski definition) is 1. The SMILES string of the molecule is OC(/C([Se]c1ccccc1)=C1/CC1c1ccccc1)(c1ccc(F)cc1)c1ccc(F)cc1. The molecule has 164 valence electrons. The van der Waals surface area contributed by atoms with Crippen molar-refractivity contribution >= 4 is 19.4 Å². The predicted octanol–water partition coefficient (Wildman–Crippen LogP) is 5.67. The van der Waals surface area contributed by atoms with E-state index in [-0.39, 0.29) is 32.5 Å². The number of benzene rings is 4. The predicted molar refractivity (Wildman–Crippen MR) is 128 cm³/mol. The molecule has 0 bridgehead atoms. The van der Waals surface area contributed by atoms with Crippen LogP contribution < -0.4 is 4.46 Å². The summed E-state index contributed by atoms with van der Waals surface area (Å²) in [6, 6.07) is 32.3. The van der Waals surface area contributed by atoms with Gasteiger partial charge in [0.2, 0.25) is 0 Å². The number of aliphatic hydroxyl groups is 1. The van der Waals surface area contributed by atoms with Crippen LogP contribution in [0.3, 0.4) is 0 Å². The van der Waals surface area contributed by atoms with Gasteiger partial charge >= 0.3 is 199 Å². The molecule has 0 heterocycles. The molecule has 0 radical (unpaired) electrons. The summed E-state index contributed by atoms with van der Waals surface area (Å²) in [7, 11) is 0. The number of hydrogen-bond donors (Lipinski definition) is 1. The van der Waals surface area contributed by atoms with Crippen molar-refractivity contribution in [2.45, 2.75) is 17.9 Å². The van der Waals surface area contributed by atoms with Crippen molar-refractivity contribution in [2.24, 2.45) is 0 Å². The summed E-state index contributed by atoms with van der Waals surface area (Å²) in [4.78, 5) is 0. The van der Waals surface area contributed by atoms with Crippen LogP contribution in [0.2, 0.25) is 0 Å². The normalized spacial score (nSPS) is 17.0. The zero-order valence-electron chi connectivity index (χ0n) is 17.8. The summed E-state index contributed by atoms with van der Waals surface area (Å²) < 4.78 is 29.6. The van der Waals surface area contributed by atoms with Gasteiger partial charge in [0.25, 0.3) is 0 Å². The van der Waals surface area contributed by atoms with Crippen molar-refractivity contribution in [3.05, 3.63) is 148 Å². The Bertz CT molecular complexity index is 1220. The molecule has 1 nitrogen and oxygen atoms in total. The van der Waals surface area contributed by atoms with Crippen LogP contribution >= 0.6 is 0 Å². The third-order valence-electron chi connectivity index (χ3n) is 5.99. The first-order valence-corrected chi connectivity index (χ1v) is 12.5. The molecule has 0 spiro atoms. The van der Waals surface area contributed by atoms with Gasteiger partial charge in [-0.05, 0) is 0 Å². The van der Waals surface area contributed by atoms with Crippen LogP contribution in [0.4, 0.5) is 8.78 Å². The van der Waals surface area contributed by atoms with Gasteiger partial charge in [-0.15, -0.1) is 0 Å². The van der Waals surface area contributed by atoms with Crippen LogP contribution in [0.5, 0.6) is 0 Å². The maximum atomic E-state index is 13.8. The summed E-state index contributed by atoms with van der Waals surface area (Å²) in [5, 5.41) is 12.4. The van der Waals surface area contributed by atoms with E-state index in [2.05, 4.69) is 24.3 Å². The monoisotopic (exact) mass is 504 g/mol. The number of allylic oxidation sites excluding steroid dienone is 1. The first-order chi connectivity index (χ1) is 16.1. The first-order valence-electron chi connectivity index (χ1n) is 10.8. The van der Waals surface area contributed by atoms with E-state index >= 15 is 0 Å². The first kappa shape index (κ1) is 21.8. The Balaban J connectivity index is 1.70. The quantitative estimate of drug-likeness (QED) is 0.336. The molecular formula is C29H22F2OSe. The van der Waals surface area contributed by atoms with Crippen molar-refractivity contribution in [3.8, 4) is 0 Å². The van der Waals surface area contributed by atoms with Gasteiger partial charge in [-0.1, -0.05) is 0 Å². The number of halogens is 2. The van der Waals surface area contributed by atoms with E-state index in [1.165, 1.54) is 35.4 Å². The average molecular weight is 503 g/mol. The summed E-state index contributed by atoms with van der Waals surface area (Å²) in [6.45, 7) is 0. The summed E-state index contributed by atoms with van der Waals surface area (Å²) >= 11 is -0.197. The fraction of sp³-hybridized carbons (Fsp3) is 0.103. The van der Waals surface area contributed by atoms with Crippen molar-refractivity contribution in [1.82, 2.24) is 0 Å². The van der Waals surface area contributed by atoms with Crippen LogP contribution in [-0.2, 0) is 5.60 Å². The molecule has 5 rings (SSSR count). The van der Waals surface area contributed by atoms with Crippen molar-refractivity contribution in [1.29, 1.82) is 0 Å². The van der Waals surface area contributed by atoms with Crippen molar-refractivity contribution in [2.75, 3.05) is 0 Å². The van der Waals surface area contributed by atoms with Gasteiger partial charge in [0, 0.05) is 0 Å². The molecule has 1 saturated carbocycles. The van der Waals surface area contributed by atoms with E-state index in [4.69, 9.17) is 0 Å². The van der Waals surface area contributed by atoms with Gasteiger partial charge < -0.3 is 0 Å². The van der Waals surface area contributed by atoms with Crippen LogP contribution in [0, 0.1) is 11.6 Å². The Kier molecular flexibility index (Phi) is 5.99. The zero-order valence-corrected chi connectivity index (χ0v) is 19.5. The second kappa shape index (κ2) is 9.07. The Hall–Kier alpha value is -3.04. The Morgan fingerprint density at radius 3 is 1.70 bits per heavy atom. The Morgan fingerprint density at radius 1 is 0.697 bits per heavy atom. The van der Waals surface area contributed by atoms with E-state index in [0.717, 1.165) is 15.4 Å². The van der Waals surface area contributed by atoms with Crippen LogP contribution in [-0.4, -0.2) is 20.1 Å². The zero-order chi connectivity index (χ0) is 22.8. The van der Waals surface area contributed by atoms with Gasteiger partial charge in [-0.25, -0.2) is 0 Å². The minimum atomic E-state index is -1.49. The summed E-state index contributed by atoms with van der Waals surface area (Å²) in [5.41, 5.74) is 2.08. The molecule has 33 heavy (non-hydrogen) atoms. The molecule has 1 fully saturated rings. The molecule has 1 aliphatic rings. The summed E-state index contributed by atoms with van der Waals surface area (Å²) in [5.74, 6) is -0.493. The maximum absolute atomic E-state index is 13.8. The van der Waals surface area contributed by atoms with E-state index in [1.54, 1.807) is 24.3 Å². The van der Waals surface area contributed by atoms with E-state index in [1.807, 2.05) is 36.4 Å². The molecule has 0 aliphatic heterocycles. The van der Waals surface area contributed by atoms with E-state index in [0.29, 0.717) is 11.1 Å². The third kappa shape index (κ3) is 4.43. The Labute approximate surface area is 198 Å². The molecule has 0 amide bonds. The second-order valence-corrected chi connectivity index (χ2v) is 10.4. The summed E-state index contributed by atoms with van der Waals surface area (Å²) in [6.07, 6.45) is 0.860. The van der Waals surface area contributed by atoms with Gasteiger partial charge in [0.15, 0.2) is 0 Å². The minimum absolute atomic E-state index is 0.197. The van der Waals surface area contributed by atoms with Crippen molar-refractivity contribution < 1.29 is 13.9 Å². The molecule has 0 saturated heterocycles. The van der Waals surface area contributed by atoms with Gasteiger partial charge in [0.05, 0.1) is 0 Å². The third-order valence-corrected chi connectivity index (χ3v) is 8.66. The second-order valence-electron chi connectivity index (χ2n) is 8.16. The van der Waals surface area contributed by atoms with E-state index in [9.17, 15) is 13.9 Å². The average Bonchev–Trinajstić information content (AvgIpc) is 3.65. The van der Waals surface area contributed by atoms with Crippen LogP contribution in [0.15, 0.2) is 119 Å². The van der Waals surface area contributed by atoms with Gasteiger partial charge in [-0.3, -0.25) is 0 Å². The molecule has 1 N–H and O–H groups in total. The van der Waals surface area contributed by atoms with Gasteiger partial charge in [0.1, 0.15) is 0 Å². The van der Waals surface area contributed by atoms with Crippen molar-refractivity contribution in [3.63, 3.8) is 0 Å². The number of rotatable bonds is 6. The molecule has 1 unspecified atom stereocenters. The van der Waals surface area contributed by atoms with Crippen LogP contribution in [0.25, 0.3) is 0 Å². The topological polar surface area (TPSA) is 20.2 Å². The molecule has 1 aliphatic carbocycles. The molecule has 4 heteroatoms. The van der Waals surface area contributed by atoms with Crippen LogP contribution in [0.1, 0.15) is 29.0 Å². The Morgan fingerprint density at radius 2 is 1.18 bits per heavy atom. The molecule has 1 atom stereocenters. The fourth-order valence-electron chi connectivity index (χ4n) is 4.21. The molecule has 4 aromatic carbocycles. The molecule has 4 aromatic rings. The fourth-order valence-corrected chi connectivity index (χ4v) is 6.87. The standard InChI is InChI=1S/C29H22F2OSe/c30-23-15-11-21(12-16-23)29(32,22-13-17-24(31)18-14-22)28(33-25-9-5-2-6-10-25)27-19-26(27)20-7-3-1-4-8-20/h1-18,26,32H,19H2/b28-27+. The molecular weight excluding hydrogens is 481 g/mol. The molecule has 0 aromatic heterocycles.